The molecule has 1 nitrogen and oxygen atoms in total. The maximum atomic E-state index is 13.2. The van der Waals surface area contributed by atoms with Crippen LogP contribution in [-0.4, -0.2) is 15.6 Å². The predicted molar refractivity (Wildman–Crippen MR) is 73.8 cm³/mol. The van der Waals surface area contributed by atoms with E-state index >= 15 is 0 Å². The normalized spacial score (nSPS) is 25.6. The van der Waals surface area contributed by atoms with E-state index in [4.69, 9.17) is 0 Å². The van der Waals surface area contributed by atoms with Gasteiger partial charge in [-0.05, 0) is 38.8 Å². The van der Waals surface area contributed by atoms with Crippen LogP contribution in [0.15, 0.2) is 46.4 Å². The summed E-state index contributed by atoms with van der Waals surface area (Å²) < 4.78 is 52.1. The van der Waals surface area contributed by atoms with E-state index in [1.165, 1.54) is 0 Å². The Hall–Kier alpha value is -1.10. The summed E-state index contributed by atoms with van der Waals surface area (Å²) in [6.07, 6.45) is -4.10. The number of halogens is 3. The van der Waals surface area contributed by atoms with E-state index in [0.717, 1.165) is 11.1 Å². The van der Waals surface area contributed by atoms with Gasteiger partial charge < -0.3 is 0 Å². The fourth-order valence-corrected chi connectivity index (χ4v) is 4.26. The summed E-state index contributed by atoms with van der Waals surface area (Å²) in [5, 5.41) is -0.888. The van der Waals surface area contributed by atoms with Crippen molar-refractivity contribution in [1.29, 1.82) is 0 Å². The minimum Gasteiger partial charge on any atom is -0.254 e. The molecule has 0 radical (unpaired) electrons. The van der Waals surface area contributed by atoms with Crippen LogP contribution in [0.4, 0.5) is 13.2 Å². The highest BCUT2D eigenvalue weighted by Crippen LogP contribution is 2.43. The molecule has 0 saturated heterocycles. The van der Waals surface area contributed by atoms with Crippen LogP contribution < -0.4 is 0 Å². The largest absolute Gasteiger partial charge is 0.393 e. The van der Waals surface area contributed by atoms with Crippen LogP contribution in [0.25, 0.3) is 0 Å². The first-order chi connectivity index (χ1) is 9.30. The van der Waals surface area contributed by atoms with E-state index in [1.807, 2.05) is 6.92 Å². The monoisotopic (exact) mass is 302 g/mol. The fraction of sp³-hybridized carbons (Fsp3) is 0.467. The molecule has 0 bridgehead atoms. The minimum atomic E-state index is -4.31. The molecule has 0 saturated carbocycles. The van der Waals surface area contributed by atoms with Gasteiger partial charge in [0.05, 0.1) is 22.0 Å². The first-order valence-corrected chi connectivity index (χ1v) is 7.69. The lowest BCUT2D eigenvalue weighted by atomic mass is 9.84. The SMILES string of the molecule is CC1=C(C)C[C@H](C(F)(F)F)[C@@H](S(=O)c2ccccc2)C1. The van der Waals surface area contributed by atoms with Crippen LogP contribution in [-0.2, 0) is 10.8 Å². The van der Waals surface area contributed by atoms with Crippen LogP contribution in [0, 0.1) is 5.92 Å². The van der Waals surface area contributed by atoms with Crippen LogP contribution in [0.1, 0.15) is 26.7 Å². The van der Waals surface area contributed by atoms with Crippen LogP contribution >= 0.6 is 0 Å². The van der Waals surface area contributed by atoms with Crippen LogP contribution in [0.3, 0.4) is 0 Å². The lowest BCUT2D eigenvalue weighted by molar-refractivity contribution is -0.175. The zero-order valence-corrected chi connectivity index (χ0v) is 12.2. The second kappa shape index (κ2) is 5.72. The van der Waals surface area contributed by atoms with E-state index in [9.17, 15) is 17.4 Å². The molecule has 0 N–H and O–H groups in total. The van der Waals surface area contributed by atoms with E-state index in [-0.39, 0.29) is 12.8 Å². The Morgan fingerprint density at radius 3 is 2.15 bits per heavy atom. The maximum absolute atomic E-state index is 13.2. The summed E-state index contributed by atoms with van der Waals surface area (Å²) in [4.78, 5) is 0.471. The van der Waals surface area contributed by atoms with Gasteiger partial charge in [0.2, 0.25) is 0 Å². The van der Waals surface area contributed by atoms with Gasteiger partial charge in [-0.1, -0.05) is 29.3 Å². The van der Waals surface area contributed by atoms with E-state index in [0.29, 0.717) is 4.90 Å². The molecule has 1 aromatic carbocycles. The number of hydrogen-bond donors (Lipinski definition) is 0. The zero-order chi connectivity index (χ0) is 14.9. The Kier molecular flexibility index (Phi) is 4.37. The Morgan fingerprint density at radius 2 is 1.60 bits per heavy atom. The van der Waals surface area contributed by atoms with Crippen molar-refractivity contribution in [1.82, 2.24) is 0 Å². The van der Waals surface area contributed by atoms with E-state index in [2.05, 4.69) is 0 Å². The molecular weight excluding hydrogens is 285 g/mol. The molecule has 1 unspecified atom stereocenters. The van der Waals surface area contributed by atoms with Crippen molar-refractivity contribution in [3.63, 3.8) is 0 Å². The molecule has 20 heavy (non-hydrogen) atoms. The first-order valence-electron chi connectivity index (χ1n) is 6.48. The van der Waals surface area contributed by atoms with E-state index < -0.39 is 28.1 Å². The molecule has 110 valence electrons. The van der Waals surface area contributed by atoms with Crippen molar-refractivity contribution in [2.45, 2.75) is 43.0 Å². The highest BCUT2D eigenvalue weighted by atomic mass is 32.2. The number of alkyl halides is 3. The molecule has 0 fully saturated rings. The van der Waals surface area contributed by atoms with E-state index in [1.54, 1.807) is 37.3 Å². The summed E-state index contributed by atoms with van der Waals surface area (Å²) in [7, 11) is -1.64. The van der Waals surface area contributed by atoms with Crippen molar-refractivity contribution >= 4 is 10.8 Å². The fourth-order valence-electron chi connectivity index (χ4n) is 2.53. The Labute approximate surface area is 119 Å². The standard InChI is InChI=1S/C15H17F3OS/c1-10-8-13(15(16,17)18)14(9-11(10)2)20(19)12-6-4-3-5-7-12/h3-7,13-14H,8-9H2,1-2H3/t13-,14-,20?/m0/s1. The third-order valence-electron chi connectivity index (χ3n) is 3.88. The summed E-state index contributed by atoms with van der Waals surface area (Å²) in [6, 6.07) is 8.42. The highest BCUT2D eigenvalue weighted by molar-refractivity contribution is 7.85. The molecule has 1 aliphatic rings. The van der Waals surface area contributed by atoms with Gasteiger partial charge >= 0.3 is 6.18 Å². The van der Waals surface area contributed by atoms with Crippen molar-refractivity contribution in [2.24, 2.45) is 5.92 Å². The lowest BCUT2D eigenvalue weighted by Gasteiger charge is -2.33. The molecule has 0 spiro atoms. The molecule has 2 rings (SSSR count). The second-order valence-electron chi connectivity index (χ2n) is 5.27. The Balaban J connectivity index is 2.35. The van der Waals surface area contributed by atoms with Crippen molar-refractivity contribution in [3.05, 3.63) is 41.5 Å². The molecule has 0 amide bonds. The average Bonchev–Trinajstić information content (AvgIpc) is 2.40. The average molecular weight is 302 g/mol. The maximum Gasteiger partial charge on any atom is 0.393 e. The topological polar surface area (TPSA) is 17.1 Å². The predicted octanol–water partition coefficient (Wildman–Crippen LogP) is 4.47. The molecule has 1 aromatic rings. The summed E-state index contributed by atoms with van der Waals surface area (Å²) >= 11 is 0. The Morgan fingerprint density at radius 1 is 1.05 bits per heavy atom. The molecule has 0 aliphatic heterocycles. The number of rotatable bonds is 2. The van der Waals surface area contributed by atoms with Crippen molar-refractivity contribution in [2.75, 3.05) is 0 Å². The Bertz CT molecular complexity index is 534. The molecular formula is C15H17F3OS. The highest BCUT2D eigenvalue weighted by Gasteiger charge is 2.48. The third-order valence-corrected chi connectivity index (χ3v) is 5.66. The summed E-state index contributed by atoms with van der Waals surface area (Å²) in [6.45, 7) is 3.56. The molecule has 3 atom stereocenters. The molecule has 5 heteroatoms. The van der Waals surface area contributed by atoms with Gasteiger partial charge in [0.15, 0.2) is 0 Å². The van der Waals surface area contributed by atoms with Gasteiger partial charge in [0.25, 0.3) is 0 Å². The molecule has 0 aromatic heterocycles. The van der Waals surface area contributed by atoms with Crippen molar-refractivity contribution < 1.29 is 17.4 Å². The molecule has 1 aliphatic carbocycles. The number of hydrogen-bond acceptors (Lipinski definition) is 1. The van der Waals surface area contributed by atoms with Gasteiger partial charge in [-0.15, -0.1) is 0 Å². The van der Waals surface area contributed by atoms with Gasteiger partial charge in [-0.3, -0.25) is 4.21 Å². The minimum absolute atomic E-state index is 0.0431. The van der Waals surface area contributed by atoms with Crippen LogP contribution in [0.5, 0.6) is 0 Å². The quantitative estimate of drug-likeness (QED) is 0.737. The smallest absolute Gasteiger partial charge is 0.254 e. The lowest BCUT2D eigenvalue weighted by Crippen LogP contribution is -2.39. The van der Waals surface area contributed by atoms with Crippen molar-refractivity contribution in [3.8, 4) is 0 Å². The van der Waals surface area contributed by atoms with Gasteiger partial charge in [-0.25, -0.2) is 0 Å². The third kappa shape index (κ3) is 3.14. The number of allylic oxidation sites excluding steroid dienone is 2. The van der Waals surface area contributed by atoms with Gasteiger partial charge in [-0.2, -0.15) is 13.2 Å². The zero-order valence-electron chi connectivity index (χ0n) is 11.4. The summed E-state index contributed by atoms with van der Waals surface area (Å²) in [5.41, 5.74) is 1.70. The second-order valence-corrected chi connectivity index (χ2v) is 6.94. The van der Waals surface area contributed by atoms with Gasteiger partial charge in [0.1, 0.15) is 0 Å². The first kappa shape index (κ1) is 15.3. The summed E-state index contributed by atoms with van der Waals surface area (Å²) in [5.74, 6) is -1.52. The van der Waals surface area contributed by atoms with Crippen LogP contribution in [0.2, 0.25) is 0 Å². The van der Waals surface area contributed by atoms with Gasteiger partial charge in [0, 0.05) is 4.90 Å². The number of benzene rings is 1. The molecule has 0 heterocycles.